The molecule has 1 aromatic heterocycles. The van der Waals surface area contributed by atoms with Gasteiger partial charge in [0.1, 0.15) is 0 Å². The fourth-order valence-corrected chi connectivity index (χ4v) is 3.05. The first-order chi connectivity index (χ1) is 9.61. The van der Waals surface area contributed by atoms with Crippen molar-refractivity contribution < 1.29 is 12.8 Å². The van der Waals surface area contributed by atoms with Crippen molar-refractivity contribution in [3.05, 3.63) is 36.9 Å². The highest BCUT2D eigenvalue weighted by atomic mass is 35.5. The molecular formula is C13H15ClN2O3S. The number of anilines is 1. The lowest BCUT2D eigenvalue weighted by Gasteiger charge is -2.08. The van der Waals surface area contributed by atoms with E-state index in [1.165, 1.54) is 6.39 Å². The normalized spacial score (nSPS) is 11.4. The highest BCUT2D eigenvalue weighted by Crippen LogP contribution is 2.21. The highest BCUT2D eigenvalue weighted by molar-refractivity contribution is 7.92. The van der Waals surface area contributed by atoms with Crippen LogP contribution >= 0.6 is 11.6 Å². The van der Waals surface area contributed by atoms with Gasteiger partial charge in [-0.1, -0.05) is 0 Å². The molecule has 108 valence electrons. The molecule has 0 aliphatic rings. The molecule has 0 aliphatic heterocycles. The molecular weight excluding hydrogens is 300 g/mol. The lowest BCUT2D eigenvalue weighted by molar-refractivity contribution is 0.572. The Hall–Kier alpha value is -1.53. The monoisotopic (exact) mass is 314 g/mol. The van der Waals surface area contributed by atoms with E-state index in [2.05, 4.69) is 9.71 Å². The van der Waals surface area contributed by atoms with E-state index in [0.717, 1.165) is 5.56 Å². The number of rotatable bonds is 7. The summed E-state index contributed by atoms with van der Waals surface area (Å²) in [5.41, 5.74) is 1.37. The van der Waals surface area contributed by atoms with Gasteiger partial charge in [0.25, 0.3) is 0 Å². The minimum Gasteiger partial charge on any atom is -0.444 e. The average Bonchev–Trinajstić information content (AvgIpc) is 2.93. The molecule has 0 aliphatic carbocycles. The SMILES string of the molecule is O=S(=O)(CCCCCl)Nc1ccc(-c2cnco2)cc1. The summed E-state index contributed by atoms with van der Waals surface area (Å²) in [6.07, 6.45) is 4.19. The van der Waals surface area contributed by atoms with Crippen LogP contribution in [0, 0.1) is 0 Å². The van der Waals surface area contributed by atoms with Gasteiger partial charge >= 0.3 is 0 Å². The smallest absolute Gasteiger partial charge is 0.232 e. The Bertz CT molecular complexity index is 624. The number of hydrogen-bond donors (Lipinski definition) is 1. The van der Waals surface area contributed by atoms with Gasteiger partial charge in [-0.3, -0.25) is 4.72 Å². The standard InChI is InChI=1S/C13H15ClN2O3S/c14-7-1-2-8-20(17,18)16-12-5-3-11(4-6-12)13-9-15-10-19-13/h3-6,9-10,16H,1-2,7-8H2. The van der Waals surface area contributed by atoms with Crippen LogP contribution in [-0.4, -0.2) is 25.0 Å². The number of unbranched alkanes of at least 4 members (excludes halogenated alkanes) is 1. The molecule has 1 aromatic carbocycles. The Morgan fingerprint density at radius 1 is 1.20 bits per heavy atom. The zero-order valence-electron chi connectivity index (χ0n) is 10.8. The fraction of sp³-hybridized carbons (Fsp3) is 0.308. The first-order valence-corrected chi connectivity index (χ1v) is 8.35. The maximum Gasteiger partial charge on any atom is 0.232 e. The summed E-state index contributed by atoms with van der Waals surface area (Å²) < 4.78 is 31.3. The first-order valence-electron chi connectivity index (χ1n) is 6.16. The Morgan fingerprint density at radius 2 is 1.95 bits per heavy atom. The Labute approximate surface area is 123 Å². The molecule has 0 saturated carbocycles. The van der Waals surface area contributed by atoms with Crippen molar-refractivity contribution in [1.29, 1.82) is 0 Å². The molecule has 1 heterocycles. The van der Waals surface area contributed by atoms with E-state index in [9.17, 15) is 8.42 Å². The second kappa shape index (κ2) is 6.76. The predicted molar refractivity (Wildman–Crippen MR) is 79.3 cm³/mol. The Morgan fingerprint density at radius 3 is 2.55 bits per heavy atom. The van der Waals surface area contributed by atoms with Crippen molar-refractivity contribution in [2.75, 3.05) is 16.4 Å². The third kappa shape index (κ3) is 4.25. The summed E-state index contributed by atoms with van der Waals surface area (Å²) in [6.45, 7) is 0. The van der Waals surface area contributed by atoms with Gasteiger partial charge in [-0.25, -0.2) is 13.4 Å². The van der Waals surface area contributed by atoms with Crippen LogP contribution in [0.1, 0.15) is 12.8 Å². The largest absolute Gasteiger partial charge is 0.444 e. The van der Waals surface area contributed by atoms with E-state index in [0.29, 0.717) is 30.2 Å². The van der Waals surface area contributed by atoms with E-state index in [1.54, 1.807) is 30.5 Å². The molecule has 5 nitrogen and oxygen atoms in total. The molecule has 0 atom stereocenters. The molecule has 0 amide bonds. The fourth-order valence-electron chi connectivity index (χ4n) is 1.68. The molecule has 0 radical (unpaired) electrons. The van der Waals surface area contributed by atoms with Gasteiger partial charge in [0, 0.05) is 17.1 Å². The van der Waals surface area contributed by atoms with Crippen LogP contribution in [0.4, 0.5) is 5.69 Å². The van der Waals surface area contributed by atoms with Gasteiger partial charge < -0.3 is 4.42 Å². The van der Waals surface area contributed by atoms with E-state index in [-0.39, 0.29) is 5.75 Å². The van der Waals surface area contributed by atoms with Crippen molar-refractivity contribution in [3.63, 3.8) is 0 Å². The summed E-state index contributed by atoms with van der Waals surface area (Å²) in [5, 5.41) is 0. The van der Waals surface area contributed by atoms with Gasteiger partial charge in [0.15, 0.2) is 12.2 Å². The minimum absolute atomic E-state index is 0.0730. The molecule has 0 saturated heterocycles. The number of nitrogens with one attached hydrogen (secondary N) is 1. The van der Waals surface area contributed by atoms with Crippen LogP contribution in [0.2, 0.25) is 0 Å². The highest BCUT2D eigenvalue weighted by Gasteiger charge is 2.10. The number of halogens is 1. The van der Waals surface area contributed by atoms with Gasteiger partial charge in [0.2, 0.25) is 10.0 Å². The van der Waals surface area contributed by atoms with Crippen molar-refractivity contribution in [2.24, 2.45) is 0 Å². The van der Waals surface area contributed by atoms with Crippen molar-refractivity contribution in [1.82, 2.24) is 4.98 Å². The molecule has 0 spiro atoms. The Balaban J connectivity index is 2.00. The average molecular weight is 315 g/mol. The van der Waals surface area contributed by atoms with Crippen molar-refractivity contribution in [3.8, 4) is 11.3 Å². The maximum atomic E-state index is 11.8. The van der Waals surface area contributed by atoms with Gasteiger partial charge in [-0.2, -0.15) is 0 Å². The van der Waals surface area contributed by atoms with Crippen LogP contribution in [0.3, 0.4) is 0 Å². The molecule has 7 heteroatoms. The third-order valence-corrected chi connectivity index (χ3v) is 4.31. The van der Waals surface area contributed by atoms with Crippen LogP contribution in [0.15, 0.2) is 41.3 Å². The van der Waals surface area contributed by atoms with Crippen molar-refractivity contribution in [2.45, 2.75) is 12.8 Å². The number of hydrogen-bond acceptors (Lipinski definition) is 4. The zero-order valence-corrected chi connectivity index (χ0v) is 12.3. The lowest BCUT2D eigenvalue weighted by Crippen LogP contribution is -2.16. The Kier molecular flexibility index (Phi) is 5.03. The van der Waals surface area contributed by atoms with Crippen LogP contribution in [0.25, 0.3) is 11.3 Å². The molecule has 0 bridgehead atoms. The molecule has 1 N–H and O–H groups in total. The van der Waals surface area contributed by atoms with E-state index >= 15 is 0 Å². The van der Waals surface area contributed by atoms with E-state index < -0.39 is 10.0 Å². The third-order valence-electron chi connectivity index (χ3n) is 2.67. The second-order valence-electron chi connectivity index (χ2n) is 4.26. The van der Waals surface area contributed by atoms with Gasteiger partial charge in [-0.05, 0) is 37.1 Å². The molecule has 2 rings (SSSR count). The number of sulfonamides is 1. The van der Waals surface area contributed by atoms with Crippen molar-refractivity contribution >= 4 is 27.3 Å². The van der Waals surface area contributed by atoms with E-state index in [4.69, 9.17) is 16.0 Å². The van der Waals surface area contributed by atoms with Gasteiger partial charge in [0.05, 0.1) is 11.9 Å². The second-order valence-corrected chi connectivity index (χ2v) is 6.48. The summed E-state index contributed by atoms with van der Waals surface area (Å²) in [4.78, 5) is 3.83. The topological polar surface area (TPSA) is 72.2 Å². The van der Waals surface area contributed by atoms with Crippen LogP contribution < -0.4 is 4.72 Å². The van der Waals surface area contributed by atoms with Crippen LogP contribution in [-0.2, 0) is 10.0 Å². The number of benzene rings is 1. The summed E-state index contributed by atoms with van der Waals surface area (Å²) in [6, 6.07) is 6.93. The first kappa shape index (κ1) is 14.9. The summed E-state index contributed by atoms with van der Waals surface area (Å²) >= 11 is 5.53. The number of alkyl halides is 1. The maximum absolute atomic E-state index is 11.8. The van der Waals surface area contributed by atoms with Gasteiger partial charge in [-0.15, -0.1) is 11.6 Å². The lowest BCUT2D eigenvalue weighted by atomic mass is 10.2. The molecule has 20 heavy (non-hydrogen) atoms. The van der Waals surface area contributed by atoms with E-state index in [1.807, 2.05) is 0 Å². The summed E-state index contributed by atoms with van der Waals surface area (Å²) in [7, 11) is -3.32. The van der Waals surface area contributed by atoms with Crippen LogP contribution in [0.5, 0.6) is 0 Å². The number of nitrogens with zero attached hydrogens (tertiary/aromatic N) is 1. The minimum atomic E-state index is -3.32. The molecule has 0 fully saturated rings. The summed E-state index contributed by atoms with van der Waals surface area (Å²) in [5.74, 6) is 1.19. The number of oxazole rings is 1. The molecule has 0 unspecified atom stereocenters. The number of aromatic nitrogens is 1. The quantitative estimate of drug-likeness (QED) is 0.629. The predicted octanol–water partition coefficient (Wildman–Crippen LogP) is 3.10. The molecule has 2 aromatic rings. The zero-order chi connectivity index (χ0) is 14.4.